The molecule has 3 atom stereocenters. The number of ether oxygens (including phenoxy) is 2. The third kappa shape index (κ3) is 4.91. The molecule has 0 saturated carbocycles. The first-order chi connectivity index (χ1) is 22.7. The number of nitrogens with zero attached hydrogens (tertiary/aromatic N) is 5. The standard InChI is InChI=1S/C34H32F3N5O4S/c1-2-23-26(36)5-4-20-14-22(43)15-24(27(20)23)29-28(37)30-25(17-38-29)31(41-10-7-34(8-11-41)46-12-13-47(34)44)40-32(39-30)45-19-33-6-3-9-42(33)18-21(35)16-33/h1,4-5,14-15,17,21,43H,3,6-13,16,18-19H2/t21-,33+,47?/m1/s1. The molecule has 4 fully saturated rings. The molecule has 13 heteroatoms. The van der Waals surface area contributed by atoms with E-state index in [0.29, 0.717) is 67.8 Å². The van der Waals surface area contributed by atoms with Crippen molar-refractivity contribution in [2.75, 3.05) is 50.0 Å². The molecule has 0 amide bonds. The summed E-state index contributed by atoms with van der Waals surface area (Å²) in [7, 11) is -1.10. The zero-order valence-electron chi connectivity index (χ0n) is 25.5. The van der Waals surface area contributed by atoms with Crippen molar-refractivity contribution in [3.8, 4) is 35.4 Å². The summed E-state index contributed by atoms with van der Waals surface area (Å²) in [4.78, 5) is 17.1. The van der Waals surface area contributed by atoms with Crippen molar-refractivity contribution < 1.29 is 32.0 Å². The van der Waals surface area contributed by atoms with Gasteiger partial charge in [-0.25, -0.2) is 13.2 Å². The third-order valence-corrected chi connectivity index (χ3v) is 12.1. The van der Waals surface area contributed by atoms with E-state index in [0.717, 1.165) is 19.4 Å². The predicted octanol–water partition coefficient (Wildman–Crippen LogP) is 4.84. The molecule has 2 aromatic heterocycles. The van der Waals surface area contributed by atoms with E-state index in [1.54, 1.807) is 0 Å². The van der Waals surface area contributed by atoms with Crippen LogP contribution < -0.4 is 9.64 Å². The first-order valence-electron chi connectivity index (χ1n) is 15.8. The highest BCUT2D eigenvalue weighted by molar-refractivity contribution is 7.86. The number of anilines is 1. The summed E-state index contributed by atoms with van der Waals surface area (Å²) in [6.45, 7) is 2.64. The lowest BCUT2D eigenvalue weighted by Gasteiger charge is -2.38. The van der Waals surface area contributed by atoms with E-state index >= 15 is 4.39 Å². The van der Waals surface area contributed by atoms with Crippen molar-refractivity contribution in [1.82, 2.24) is 19.9 Å². The summed E-state index contributed by atoms with van der Waals surface area (Å²) in [6, 6.07) is 5.31. The van der Waals surface area contributed by atoms with Crippen LogP contribution in [-0.4, -0.2) is 91.0 Å². The third-order valence-electron chi connectivity index (χ3n) is 10.2. The minimum Gasteiger partial charge on any atom is -0.508 e. The van der Waals surface area contributed by atoms with Crippen LogP contribution in [0.15, 0.2) is 30.5 Å². The largest absolute Gasteiger partial charge is 0.508 e. The van der Waals surface area contributed by atoms with Crippen LogP contribution in [0.5, 0.6) is 11.8 Å². The highest BCUT2D eigenvalue weighted by Gasteiger charge is 2.49. The quantitative estimate of drug-likeness (QED) is 0.301. The molecule has 0 aliphatic carbocycles. The number of alkyl halides is 1. The van der Waals surface area contributed by atoms with Crippen LogP contribution >= 0.6 is 0 Å². The van der Waals surface area contributed by atoms with Crippen LogP contribution in [0.2, 0.25) is 0 Å². The Balaban J connectivity index is 1.25. The van der Waals surface area contributed by atoms with Crippen molar-refractivity contribution in [1.29, 1.82) is 0 Å². The van der Waals surface area contributed by atoms with E-state index in [-0.39, 0.29) is 46.1 Å². The molecule has 4 aromatic rings. The van der Waals surface area contributed by atoms with Gasteiger partial charge in [0.1, 0.15) is 46.3 Å². The lowest BCUT2D eigenvalue weighted by Crippen LogP contribution is -2.46. The smallest absolute Gasteiger partial charge is 0.319 e. The second kappa shape index (κ2) is 11.3. The van der Waals surface area contributed by atoms with Crippen molar-refractivity contribution >= 4 is 38.3 Å². The fourth-order valence-corrected chi connectivity index (χ4v) is 9.36. The Hall–Kier alpha value is -3.99. The molecule has 9 nitrogen and oxygen atoms in total. The fraction of sp³-hybridized carbons (Fsp3) is 0.441. The molecule has 1 spiro atoms. The molecule has 4 saturated heterocycles. The Kier molecular flexibility index (Phi) is 7.31. The molecule has 47 heavy (non-hydrogen) atoms. The van der Waals surface area contributed by atoms with Gasteiger partial charge < -0.3 is 19.5 Å². The molecule has 4 aliphatic rings. The number of benzene rings is 2. The summed E-state index contributed by atoms with van der Waals surface area (Å²) in [6.07, 6.45) is 9.23. The summed E-state index contributed by atoms with van der Waals surface area (Å²) >= 11 is 0. The lowest BCUT2D eigenvalue weighted by atomic mass is 9.95. The Morgan fingerprint density at radius 1 is 1.17 bits per heavy atom. The number of hydrogen-bond donors (Lipinski definition) is 1. The number of terminal acetylenes is 1. The second-order valence-electron chi connectivity index (χ2n) is 12.8. The number of phenolic OH excluding ortho intramolecular Hbond substituents is 1. The number of phenols is 1. The Bertz CT molecular complexity index is 2000. The first-order valence-corrected chi connectivity index (χ1v) is 17.1. The topological polar surface area (TPSA) is 101 Å². The molecule has 6 heterocycles. The van der Waals surface area contributed by atoms with Gasteiger partial charge in [-0.2, -0.15) is 9.97 Å². The number of aromatic hydroxyl groups is 1. The van der Waals surface area contributed by atoms with Crippen molar-refractivity contribution in [2.24, 2.45) is 0 Å². The van der Waals surface area contributed by atoms with E-state index in [1.807, 2.05) is 4.90 Å². The normalized spacial score (nSPS) is 25.5. The van der Waals surface area contributed by atoms with Gasteiger partial charge in [-0.05, 0) is 43.0 Å². The number of halogens is 3. The molecule has 1 unspecified atom stereocenters. The summed E-state index contributed by atoms with van der Waals surface area (Å²) in [5.41, 5.74) is -0.710. The number of piperidine rings is 1. The van der Waals surface area contributed by atoms with Gasteiger partial charge in [-0.15, -0.1) is 6.42 Å². The van der Waals surface area contributed by atoms with Crippen molar-refractivity contribution in [3.05, 3.63) is 47.7 Å². The lowest BCUT2D eigenvalue weighted by molar-refractivity contribution is 0.0309. The zero-order valence-corrected chi connectivity index (χ0v) is 26.3. The number of fused-ring (bicyclic) bond motifs is 3. The van der Waals surface area contributed by atoms with E-state index in [4.69, 9.17) is 20.9 Å². The molecular weight excluding hydrogens is 631 g/mol. The maximum absolute atomic E-state index is 16.8. The Morgan fingerprint density at radius 3 is 2.77 bits per heavy atom. The van der Waals surface area contributed by atoms with E-state index in [2.05, 4.69) is 20.8 Å². The highest BCUT2D eigenvalue weighted by Crippen LogP contribution is 2.43. The van der Waals surface area contributed by atoms with Crippen molar-refractivity contribution in [2.45, 2.75) is 48.7 Å². The first kappa shape index (κ1) is 30.4. The SMILES string of the molecule is C#Cc1c(F)ccc2cc(O)cc(-c3ncc4c(N5CCC6(CC5)OCCS6=O)nc(OC[C@@]56CCCN5C[C@H](F)C6)nc4c3F)c12. The van der Waals surface area contributed by atoms with E-state index < -0.39 is 39.1 Å². The number of pyridine rings is 1. The van der Waals surface area contributed by atoms with Gasteiger partial charge in [-0.3, -0.25) is 14.1 Å². The highest BCUT2D eigenvalue weighted by atomic mass is 32.2. The molecule has 8 rings (SSSR count). The van der Waals surface area contributed by atoms with E-state index in [9.17, 15) is 18.1 Å². The van der Waals surface area contributed by atoms with E-state index in [1.165, 1.54) is 30.5 Å². The van der Waals surface area contributed by atoms with Gasteiger partial charge in [-0.1, -0.05) is 12.0 Å². The zero-order chi connectivity index (χ0) is 32.5. The number of aromatic nitrogens is 3. The van der Waals surface area contributed by atoms with Crippen molar-refractivity contribution in [3.63, 3.8) is 0 Å². The number of rotatable bonds is 5. The predicted molar refractivity (Wildman–Crippen MR) is 171 cm³/mol. The fourth-order valence-electron chi connectivity index (χ4n) is 7.90. The maximum atomic E-state index is 16.8. The summed E-state index contributed by atoms with van der Waals surface area (Å²) in [5.74, 6) is 1.59. The molecule has 0 radical (unpaired) electrons. The van der Waals surface area contributed by atoms with Crippen LogP contribution in [-0.2, 0) is 15.5 Å². The maximum Gasteiger partial charge on any atom is 0.319 e. The molecule has 0 bridgehead atoms. The van der Waals surface area contributed by atoms with Gasteiger partial charge in [0.05, 0.1) is 33.9 Å². The molecule has 244 valence electrons. The average Bonchev–Trinajstić information content (AvgIpc) is 3.71. The molecule has 4 aliphatic heterocycles. The van der Waals surface area contributed by atoms with Gasteiger partial charge >= 0.3 is 6.01 Å². The van der Waals surface area contributed by atoms with Crippen LogP contribution in [0.25, 0.3) is 32.9 Å². The Labute approximate surface area is 271 Å². The van der Waals surface area contributed by atoms with Crippen LogP contribution in [0.4, 0.5) is 19.0 Å². The van der Waals surface area contributed by atoms with Gasteiger partial charge in [0.2, 0.25) is 0 Å². The molecule has 2 aromatic carbocycles. The molecular formula is C34H32F3N5O4S. The average molecular weight is 664 g/mol. The minimum absolute atomic E-state index is 0.0656. The monoisotopic (exact) mass is 663 g/mol. The minimum atomic E-state index is -1.10. The van der Waals surface area contributed by atoms with Gasteiger partial charge in [0, 0.05) is 61.8 Å². The summed E-state index contributed by atoms with van der Waals surface area (Å²) in [5, 5.41) is 11.5. The number of hydrogen-bond acceptors (Lipinski definition) is 9. The van der Waals surface area contributed by atoms with Crippen LogP contribution in [0, 0.1) is 24.0 Å². The second-order valence-corrected chi connectivity index (χ2v) is 14.7. The van der Waals surface area contributed by atoms with Crippen LogP contribution in [0.1, 0.15) is 37.7 Å². The van der Waals surface area contributed by atoms with Crippen LogP contribution in [0.3, 0.4) is 0 Å². The van der Waals surface area contributed by atoms with Gasteiger partial charge in [0.15, 0.2) is 5.82 Å². The Morgan fingerprint density at radius 2 is 2.00 bits per heavy atom. The molecule has 1 N–H and O–H groups in total. The van der Waals surface area contributed by atoms with Gasteiger partial charge in [0.25, 0.3) is 0 Å². The summed E-state index contributed by atoms with van der Waals surface area (Å²) < 4.78 is 71.0.